The van der Waals surface area contributed by atoms with E-state index in [-0.39, 0.29) is 0 Å². The van der Waals surface area contributed by atoms with Crippen LogP contribution in [0, 0.1) is 11.3 Å². The van der Waals surface area contributed by atoms with Gasteiger partial charge in [-0.1, -0.05) is 22.0 Å². The molecule has 0 N–H and O–H groups in total. The number of hydrogen-bond acceptors (Lipinski definition) is 2. The Balaban J connectivity index is 1.88. The zero-order chi connectivity index (χ0) is 13.9. The number of hydrogen-bond donors (Lipinski definition) is 0. The predicted octanol–water partition coefficient (Wildman–Crippen LogP) is 4.99. The second-order valence-electron chi connectivity index (χ2n) is 5.03. The SMILES string of the molecule is N#Cc1cc(Br)cc(Oc2ccc3c(c2)CCCC3)c1. The molecule has 0 spiro atoms. The average Bonchev–Trinajstić information content (AvgIpc) is 2.46. The van der Waals surface area contributed by atoms with Crippen LogP contribution in [0.4, 0.5) is 0 Å². The number of nitriles is 1. The molecule has 1 aliphatic rings. The maximum absolute atomic E-state index is 8.98. The Morgan fingerprint density at radius 2 is 1.75 bits per heavy atom. The number of benzene rings is 2. The van der Waals surface area contributed by atoms with Crippen LogP contribution in [0.5, 0.6) is 11.5 Å². The molecule has 1 aliphatic carbocycles. The zero-order valence-electron chi connectivity index (χ0n) is 11.0. The first kappa shape index (κ1) is 13.2. The largest absolute Gasteiger partial charge is 0.457 e. The Morgan fingerprint density at radius 3 is 2.55 bits per heavy atom. The highest BCUT2D eigenvalue weighted by Gasteiger charge is 2.10. The van der Waals surface area contributed by atoms with E-state index in [1.165, 1.54) is 30.4 Å². The number of aryl methyl sites for hydroxylation is 2. The normalized spacial score (nSPS) is 13.4. The third-order valence-corrected chi connectivity index (χ3v) is 4.01. The van der Waals surface area contributed by atoms with Crippen molar-refractivity contribution < 1.29 is 4.74 Å². The molecular weight excluding hydrogens is 314 g/mol. The van der Waals surface area contributed by atoms with Crippen molar-refractivity contribution in [3.8, 4) is 17.6 Å². The van der Waals surface area contributed by atoms with Crippen LogP contribution in [0.3, 0.4) is 0 Å². The van der Waals surface area contributed by atoms with Crippen molar-refractivity contribution in [2.24, 2.45) is 0 Å². The molecular formula is C17H14BrNO. The van der Waals surface area contributed by atoms with Gasteiger partial charge in [-0.05, 0) is 67.1 Å². The Kier molecular flexibility index (Phi) is 3.75. The van der Waals surface area contributed by atoms with Crippen LogP contribution in [0.15, 0.2) is 40.9 Å². The molecule has 3 heteroatoms. The molecule has 0 unspecified atom stereocenters. The molecule has 0 amide bonds. The summed E-state index contributed by atoms with van der Waals surface area (Å²) in [7, 11) is 0. The topological polar surface area (TPSA) is 33.0 Å². The van der Waals surface area contributed by atoms with Crippen molar-refractivity contribution in [3.05, 3.63) is 57.6 Å². The molecule has 0 aliphatic heterocycles. The van der Waals surface area contributed by atoms with Gasteiger partial charge in [0.1, 0.15) is 11.5 Å². The lowest BCUT2D eigenvalue weighted by atomic mass is 9.92. The molecule has 0 aromatic heterocycles. The molecule has 2 aromatic carbocycles. The maximum Gasteiger partial charge on any atom is 0.129 e. The van der Waals surface area contributed by atoms with Gasteiger partial charge >= 0.3 is 0 Å². The molecule has 0 radical (unpaired) electrons. The standard InChI is InChI=1S/C17H14BrNO/c18-15-7-12(11-19)8-17(10-15)20-16-6-5-13-3-1-2-4-14(13)9-16/h5-10H,1-4H2. The quantitative estimate of drug-likeness (QED) is 0.778. The van der Waals surface area contributed by atoms with Crippen molar-refractivity contribution in [1.29, 1.82) is 5.26 Å². The summed E-state index contributed by atoms with van der Waals surface area (Å²) in [5.74, 6) is 1.53. The molecule has 20 heavy (non-hydrogen) atoms. The summed E-state index contributed by atoms with van der Waals surface area (Å²) in [6.45, 7) is 0. The van der Waals surface area contributed by atoms with Crippen LogP contribution in [0.1, 0.15) is 29.5 Å². The van der Waals surface area contributed by atoms with Gasteiger partial charge in [0.15, 0.2) is 0 Å². The molecule has 0 fully saturated rings. The monoisotopic (exact) mass is 327 g/mol. The Hall–Kier alpha value is -1.79. The van der Waals surface area contributed by atoms with Crippen LogP contribution >= 0.6 is 15.9 Å². The highest BCUT2D eigenvalue weighted by Crippen LogP contribution is 2.30. The fraction of sp³-hybridized carbons (Fsp3) is 0.235. The summed E-state index contributed by atoms with van der Waals surface area (Å²) < 4.78 is 6.74. The van der Waals surface area contributed by atoms with Crippen molar-refractivity contribution in [2.45, 2.75) is 25.7 Å². The van der Waals surface area contributed by atoms with E-state index >= 15 is 0 Å². The second kappa shape index (κ2) is 5.68. The van der Waals surface area contributed by atoms with Crippen LogP contribution in [-0.2, 0) is 12.8 Å². The summed E-state index contributed by atoms with van der Waals surface area (Å²) >= 11 is 3.40. The molecule has 3 rings (SSSR count). The van der Waals surface area contributed by atoms with Crippen molar-refractivity contribution >= 4 is 15.9 Å². The lowest BCUT2D eigenvalue weighted by Gasteiger charge is -2.16. The van der Waals surface area contributed by atoms with Crippen molar-refractivity contribution in [2.75, 3.05) is 0 Å². The molecule has 0 saturated heterocycles. The Morgan fingerprint density at radius 1 is 0.950 bits per heavy atom. The lowest BCUT2D eigenvalue weighted by Crippen LogP contribution is -2.02. The first-order valence-electron chi connectivity index (χ1n) is 6.75. The van der Waals surface area contributed by atoms with Gasteiger partial charge in [-0.25, -0.2) is 0 Å². The van der Waals surface area contributed by atoms with Gasteiger partial charge in [0, 0.05) is 4.47 Å². The van der Waals surface area contributed by atoms with Gasteiger partial charge < -0.3 is 4.74 Å². The molecule has 0 saturated carbocycles. The highest BCUT2D eigenvalue weighted by atomic mass is 79.9. The summed E-state index contributed by atoms with van der Waals surface area (Å²) in [6.07, 6.45) is 4.84. The Bertz CT molecular complexity index is 688. The number of fused-ring (bicyclic) bond motifs is 1. The van der Waals surface area contributed by atoms with E-state index in [1.807, 2.05) is 12.1 Å². The molecule has 0 bridgehead atoms. The third kappa shape index (κ3) is 2.86. The highest BCUT2D eigenvalue weighted by molar-refractivity contribution is 9.10. The number of nitrogens with zero attached hydrogens (tertiary/aromatic N) is 1. The minimum Gasteiger partial charge on any atom is -0.457 e. The molecule has 100 valence electrons. The maximum atomic E-state index is 8.98. The van der Waals surface area contributed by atoms with Gasteiger partial charge in [0.05, 0.1) is 11.6 Å². The van der Waals surface area contributed by atoms with Crippen LogP contribution in [-0.4, -0.2) is 0 Å². The third-order valence-electron chi connectivity index (χ3n) is 3.56. The predicted molar refractivity (Wildman–Crippen MR) is 82.0 cm³/mol. The van der Waals surface area contributed by atoms with Crippen molar-refractivity contribution in [3.63, 3.8) is 0 Å². The van der Waals surface area contributed by atoms with Gasteiger partial charge in [0.25, 0.3) is 0 Å². The van der Waals surface area contributed by atoms with E-state index in [0.717, 1.165) is 16.6 Å². The molecule has 0 heterocycles. The van der Waals surface area contributed by atoms with Gasteiger partial charge in [-0.2, -0.15) is 5.26 Å². The minimum atomic E-state index is 0.590. The summed E-state index contributed by atoms with van der Waals surface area (Å²) in [6, 6.07) is 13.8. The summed E-state index contributed by atoms with van der Waals surface area (Å²) in [5, 5.41) is 8.98. The van der Waals surface area contributed by atoms with E-state index in [1.54, 1.807) is 12.1 Å². The smallest absolute Gasteiger partial charge is 0.129 e. The number of ether oxygens (including phenoxy) is 1. The van der Waals surface area contributed by atoms with Crippen LogP contribution in [0.2, 0.25) is 0 Å². The van der Waals surface area contributed by atoms with Gasteiger partial charge in [-0.15, -0.1) is 0 Å². The minimum absolute atomic E-state index is 0.590. The first-order valence-corrected chi connectivity index (χ1v) is 7.54. The molecule has 0 atom stereocenters. The second-order valence-corrected chi connectivity index (χ2v) is 5.94. The van der Waals surface area contributed by atoms with E-state index < -0.39 is 0 Å². The Labute approximate surface area is 127 Å². The first-order chi connectivity index (χ1) is 9.74. The van der Waals surface area contributed by atoms with Crippen LogP contribution in [0.25, 0.3) is 0 Å². The van der Waals surface area contributed by atoms with E-state index in [4.69, 9.17) is 10.00 Å². The molecule has 2 nitrogen and oxygen atoms in total. The van der Waals surface area contributed by atoms with E-state index in [0.29, 0.717) is 11.3 Å². The average molecular weight is 328 g/mol. The van der Waals surface area contributed by atoms with E-state index in [2.05, 4.69) is 34.1 Å². The van der Waals surface area contributed by atoms with Crippen LogP contribution < -0.4 is 4.74 Å². The summed E-state index contributed by atoms with van der Waals surface area (Å²) in [5.41, 5.74) is 3.42. The lowest BCUT2D eigenvalue weighted by molar-refractivity contribution is 0.480. The number of rotatable bonds is 2. The zero-order valence-corrected chi connectivity index (χ0v) is 12.6. The molecule has 2 aromatic rings. The fourth-order valence-electron chi connectivity index (χ4n) is 2.60. The number of halogens is 1. The van der Waals surface area contributed by atoms with E-state index in [9.17, 15) is 0 Å². The summed E-state index contributed by atoms with van der Waals surface area (Å²) in [4.78, 5) is 0. The fourth-order valence-corrected chi connectivity index (χ4v) is 3.07. The van der Waals surface area contributed by atoms with Gasteiger partial charge in [-0.3, -0.25) is 0 Å². The van der Waals surface area contributed by atoms with Gasteiger partial charge in [0.2, 0.25) is 0 Å². The van der Waals surface area contributed by atoms with Crippen molar-refractivity contribution in [1.82, 2.24) is 0 Å².